The Labute approximate surface area is 273 Å². The van der Waals surface area contributed by atoms with Crippen molar-refractivity contribution in [1.29, 1.82) is 0 Å². The van der Waals surface area contributed by atoms with Crippen LogP contribution in [0, 0.1) is 11.3 Å². The molecule has 4 heterocycles. The van der Waals surface area contributed by atoms with E-state index < -0.39 is 27.4 Å². The number of piperidine rings is 1. The van der Waals surface area contributed by atoms with Gasteiger partial charge in [0.05, 0.1) is 23.0 Å². The summed E-state index contributed by atoms with van der Waals surface area (Å²) in [4.78, 5) is 47.7. The molecule has 2 aromatic carbocycles. The first-order valence-corrected chi connectivity index (χ1v) is 17.4. The molecule has 4 atom stereocenters. The van der Waals surface area contributed by atoms with Gasteiger partial charge in [0.15, 0.2) is 0 Å². The summed E-state index contributed by atoms with van der Waals surface area (Å²) >= 11 is 12.2. The molecular weight excluding hydrogens is 637 g/mol. The number of likely N-dealkylation sites (tertiary alicyclic amines) is 2. The molecule has 3 amide bonds. The number of sulfonamides is 1. The molecule has 3 aliphatic rings. The molecule has 2 bridgehead atoms. The standard InChI is InChI=1S/C32H37Cl2N5O5S/c1-32(2,3)28(36-29(40)26-13-19-7-4-5-9-25(19)35-26)31(42)39-18-22-15-23(39)17-38(22)30(41)20-8-6-12-37(16-20)45(43,44)27-11-10-21(33)14-24(27)34/h4-5,7,9-11,13-14,20,22-23,28,35H,6,8,12,15-18H2,1-3H3,(H,36,40)/t20-,22-,23-,28?/m0/s1. The monoisotopic (exact) mass is 673 g/mol. The highest BCUT2D eigenvalue weighted by Crippen LogP contribution is 2.36. The van der Waals surface area contributed by atoms with Gasteiger partial charge < -0.3 is 20.1 Å². The minimum atomic E-state index is -3.91. The Morgan fingerprint density at radius 1 is 0.978 bits per heavy atom. The number of fused-ring (bicyclic) bond motifs is 3. The average molecular weight is 675 g/mol. The summed E-state index contributed by atoms with van der Waals surface area (Å²) in [6, 6.07) is 12.6. The van der Waals surface area contributed by atoms with E-state index in [9.17, 15) is 22.8 Å². The zero-order valence-corrected chi connectivity index (χ0v) is 27.8. The number of aromatic amines is 1. The largest absolute Gasteiger partial charge is 0.351 e. The van der Waals surface area contributed by atoms with E-state index in [0.29, 0.717) is 49.6 Å². The molecule has 13 heteroatoms. The van der Waals surface area contributed by atoms with Crippen molar-refractivity contribution in [2.24, 2.45) is 11.3 Å². The van der Waals surface area contributed by atoms with Crippen LogP contribution in [0.2, 0.25) is 10.0 Å². The van der Waals surface area contributed by atoms with Crippen molar-refractivity contribution in [3.63, 3.8) is 0 Å². The number of nitrogens with one attached hydrogen (secondary N) is 2. The fraction of sp³-hybridized carbons (Fsp3) is 0.469. The predicted molar refractivity (Wildman–Crippen MR) is 173 cm³/mol. The lowest BCUT2D eigenvalue weighted by atomic mass is 9.85. The fourth-order valence-electron chi connectivity index (χ4n) is 6.85. The molecule has 1 unspecified atom stereocenters. The van der Waals surface area contributed by atoms with Gasteiger partial charge in [0.1, 0.15) is 16.6 Å². The van der Waals surface area contributed by atoms with Crippen LogP contribution in [0.1, 0.15) is 50.5 Å². The predicted octanol–water partition coefficient (Wildman–Crippen LogP) is 4.53. The summed E-state index contributed by atoms with van der Waals surface area (Å²) in [6.07, 6.45) is 1.79. The molecule has 2 N–H and O–H groups in total. The van der Waals surface area contributed by atoms with Crippen molar-refractivity contribution in [2.75, 3.05) is 26.2 Å². The maximum atomic E-state index is 13.9. The topological polar surface area (TPSA) is 123 Å². The smallest absolute Gasteiger partial charge is 0.268 e. The molecular formula is C32H37Cl2N5O5S. The highest BCUT2D eigenvalue weighted by molar-refractivity contribution is 7.89. The Hall–Kier alpha value is -3.12. The van der Waals surface area contributed by atoms with E-state index in [2.05, 4.69) is 10.3 Å². The summed E-state index contributed by atoms with van der Waals surface area (Å²) in [5, 5.41) is 4.27. The molecule has 0 saturated carbocycles. The van der Waals surface area contributed by atoms with Gasteiger partial charge in [-0.1, -0.05) is 62.2 Å². The lowest BCUT2D eigenvalue weighted by molar-refractivity contribution is -0.145. The number of amides is 3. The van der Waals surface area contributed by atoms with Crippen molar-refractivity contribution in [3.05, 3.63) is 64.3 Å². The molecule has 3 aromatic rings. The second kappa shape index (κ2) is 11.9. The molecule has 1 aromatic heterocycles. The Bertz CT molecular complexity index is 1740. The van der Waals surface area contributed by atoms with Crippen molar-refractivity contribution in [2.45, 2.75) is 63.1 Å². The summed E-state index contributed by atoms with van der Waals surface area (Å²) in [5.41, 5.74) is 0.676. The molecule has 240 valence electrons. The molecule has 3 saturated heterocycles. The second-order valence-electron chi connectivity index (χ2n) is 13.3. The van der Waals surface area contributed by atoms with E-state index in [1.54, 1.807) is 11.0 Å². The first kappa shape index (κ1) is 31.8. The summed E-state index contributed by atoms with van der Waals surface area (Å²) in [6.45, 7) is 6.90. The molecule has 45 heavy (non-hydrogen) atoms. The van der Waals surface area contributed by atoms with Crippen molar-refractivity contribution in [3.8, 4) is 0 Å². The summed E-state index contributed by atoms with van der Waals surface area (Å²) in [5.74, 6) is -1.09. The van der Waals surface area contributed by atoms with Crippen molar-refractivity contribution < 1.29 is 22.8 Å². The zero-order valence-electron chi connectivity index (χ0n) is 25.4. The van der Waals surface area contributed by atoms with Gasteiger partial charge in [-0.25, -0.2) is 8.42 Å². The highest BCUT2D eigenvalue weighted by atomic mass is 35.5. The van der Waals surface area contributed by atoms with Crippen LogP contribution in [0.4, 0.5) is 0 Å². The minimum Gasteiger partial charge on any atom is -0.351 e. The molecule has 6 rings (SSSR count). The summed E-state index contributed by atoms with van der Waals surface area (Å²) in [7, 11) is -3.91. The lowest BCUT2D eigenvalue weighted by Crippen LogP contribution is -2.60. The van der Waals surface area contributed by atoms with E-state index in [1.807, 2.05) is 49.9 Å². The van der Waals surface area contributed by atoms with E-state index in [-0.39, 0.29) is 46.3 Å². The third-order valence-corrected chi connectivity index (χ3v) is 11.8. The van der Waals surface area contributed by atoms with Gasteiger partial charge >= 0.3 is 0 Å². The maximum absolute atomic E-state index is 13.9. The Morgan fingerprint density at radius 2 is 1.69 bits per heavy atom. The first-order chi connectivity index (χ1) is 21.2. The zero-order chi connectivity index (χ0) is 32.3. The number of para-hydroxylation sites is 1. The van der Waals surface area contributed by atoms with E-state index in [1.165, 1.54) is 22.5 Å². The summed E-state index contributed by atoms with van der Waals surface area (Å²) < 4.78 is 28.2. The average Bonchev–Trinajstić information content (AvgIpc) is 3.73. The number of nitrogens with zero attached hydrogens (tertiary/aromatic N) is 3. The van der Waals surface area contributed by atoms with Crippen LogP contribution in [0.3, 0.4) is 0 Å². The Morgan fingerprint density at radius 3 is 2.36 bits per heavy atom. The number of aromatic nitrogens is 1. The van der Waals surface area contributed by atoms with Crippen LogP contribution >= 0.6 is 23.2 Å². The van der Waals surface area contributed by atoms with Crippen LogP contribution in [-0.4, -0.2) is 89.5 Å². The number of carbonyl (C=O) groups excluding carboxylic acids is 3. The number of H-pyrrole nitrogens is 1. The van der Waals surface area contributed by atoms with Gasteiger partial charge in [-0.2, -0.15) is 4.31 Å². The van der Waals surface area contributed by atoms with Gasteiger partial charge in [-0.3, -0.25) is 14.4 Å². The first-order valence-electron chi connectivity index (χ1n) is 15.2. The van der Waals surface area contributed by atoms with Crippen LogP contribution in [0.15, 0.2) is 53.4 Å². The fourth-order valence-corrected chi connectivity index (χ4v) is 9.12. The van der Waals surface area contributed by atoms with Crippen molar-refractivity contribution >= 4 is 61.8 Å². The normalized spacial score (nSPS) is 23.0. The van der Waals surface area contributed by atoms with Gasteiger partial charge in [0.2, 0.25) is 21.8 Å². The third kappa shape index (κ3) is 6.07. The number of benzene rings is 2. The van der Waals surface area contributed by atoms with Crippen LogP contribution in [0.5, 0.6) is 0 Å². The molecule has 0 aliphatic carbocycles. The number of piperazine rings is 1. The van der Waals surface area contributed by atoms with E-state index in [0.717, 1.165) is 10.9 Å². The van der Waals surface area contributed by atoms with Crippen molar-refractivity contribution in [1.82, 2.24) is 24.4 Å². The minimum absolute atomic E-state index is 0.0268. The molecule has 0 radical (unpaired) electrons. The third-order valence-electron chi connectivity index (χ3n) is 9.21. The van der Waals surface area contributed by atoms with Gasteiger partial charge in [0, 0.05) is 42.1 Å². The number of hydrogen-bond acceptors (Lipinski definition) is 5. The SMILES string of the molecule is CC(C)(C)C(NC(=O)c1cc2ccccc2[nH]1)C(=O)N1C[C@@H]2C[C@H]1CN2C(=O)[C@H]1CCCN(S(=O)(=O)c2ccc(Cl)cc2Cl)C1. The quantitative estimate of drug-likeness (QED) is 0.398. The van der Waals surface area contributed by atoms with Gasteiger partial charge in [-0.15, -0.1) is 0 Å². The van der Waals surface area contributed by atoms with Crippen LogP contribution in [0.25, 0.3) is 10.9 Å². The lowest BCUT2D eigenvalue weighted by Gasteiger charge is -2.41. The Balaban J connectivity index is 1.11. The van der Waals surface area contributed by atoms with Gasteiger partial charge in [-0.05, 0) is 55.0 Å². The highest BCUT2D eigenvalue weighted by Gasteiger charge is 2.51. The number of carbonyl (C=O) groups is 3. The van der Waals surface area contributed by atoms with Crippen LogP contribution < -0.4 is 5.32 Å². The Kier molecular flexibility index (Phi) is 8.43. The maximum Gasteiger partial charge on any atom is 0.268 e. The number of rotatable bonds is 6. The number of hydrogen-bond donors (Lipinski definition) is 2. The molecule has 3 aliphatic heterocycles. The van der Waals surface area contributed by atoms with Gasteiger partial charge in [0.25, 0.3) is 5.91 Å². The number of halogens is 2. The molecule has 0 spiro atoms. The molecule has 3 fully saturated rings. The van der Waals surface area contributed by atoms with Crippen LogP contribution in [-0.2, 0) is 19.6 Å². The van der Waals surface area contributed by atoms with E-state index >= 15 is 0 Å². The second-order valence-corrected chi connectivity index (χ2v) is 16.1. The van der Waals surface area contributed by atoms with E-state index in [4.69, 9.17) is 23.2 Å². The molecule has 10 nitrogen and oxygen atoms in total.